The molecule has 3 nitrogen and oxygen atoms in total. The quantitative estimate of drug-likeness (QED) is 0.809. The second kappa shape index (κ2) is 6.93. The summed E-state index contributed by atoms with van der Waals surface area (Å²) in [6.07, 6.45) is 6.29. The van der Waals surface area contributed by atoms with Crippen molar-refractivity contribution in [2.45, 2.75) is 13.0 Å². The van der Waals surface area contributed by atoms with E-state index in [4.69, 9.17) is 0 Å². The van der Waals surface area contributed by atoms with E-state index in [1.54, 1.807) is 44.6 Å². The zero-order valence-electron chi connectivity index (χ0n) is 12.3. The molecule has 1 amide bonds. The zero-order chi connectivity index (χ0) is 16.1. The number of hydrogen-bond acceptors (Lipinski definition) is 2. The fourth-order valence-corrected chi connectivity index (χ4v) is 1.99. The molecular formula is C17H16F2N2O. The minimum Gasteiger partial charge on any atom is -0.335 e. The van der Waals surface area contributed by atoms with Crippen molar-refractivity contribution in [1.82, 2.24) is 9.88 Å². The number of amides is 1. The summed E-state index contributed by atoms with van der Waals surface area (Å²) in [6, 6.07) is 6.17. The van der Waals surface area contributed by atoms with E-state index in [0.717, 1.165) is 23.8 Å². The molecule has 1 heterocycles. The predicted octanol–water partition coefficient (Wildman–Crippen LogP) is 3.59. The van der Waals surface area contributed by atoms with Crippen molar-refractivity contribution in [3.05, 3.63) is 71.6 Å². The van der Waals surface area contributed by atoms with Crippen LogP contribution in [0.25, 0.3) is 6.08 Å². The number of halogens is 2. The van der Waals surface area contributed by atoms with Crippen LogP contribution in [-0.4, -0.2) is 22.8 Å². The van der Waals surface area contributed by atoms with Crippen molar-refractivity contribution >= 4 is 12.0 Å². The predicted molar refractivity (Wildman–Crippen MR) is 80.8 cm³/mol. The summed E-state index contributed by atoms with van der Waals surface area (Å²) >= 11 is 0. The van der Waals surface area contributed by atoms with E-state index in [2.05, 4.69) is 4.98 Å². The van der Waals surface area contributed by atoms with E-state index in [1.807, 2.05) is 0 Å². The molecule has 2 aromatic rings. The standard InChI is InChI=1S/C17H16F2N2O/c1-12(15-11-14(18)4-5-16(15)19)21(2)17(22)6-3-13-7-9-20-10-8-13/h3-12H,1-2H3/b6-3+. The van der Waals surface area contributed by atoms with Crippen LogP contribution in [0.4, 0.5) is 8.78 Å². The molecule has 0 N–H and O–H groups in total. The van der Waals surface area contributed by atoms with E-state index in [-0.39, 0.29) is 11.5 Å². The van der Waals surface area contributed by atoms with Crippen LogP contribution < -0.4 is 0 Å². The van der Waals surface area contributed by atoms with Crippen molar-refractivity contribution < 1.29 is 13.6 Å². The molecule has 0 spiro atoms. The van der Waals surface area contributed by atoms with Crippen molar-refractivity contribution in [2.75, 3.05) is 7.05 Å². The number of likely N-dealkylation sites (N-methyl/N-ethyl adjacent to an activating group) is 1. The van der Waals surface area contributed by atoms with E-state index < -0.39 is 17.7 Å². The summed E-state index contributed by atoms with van der Waals surface area (Å²) in [4.78, 5) is 17.4. The number of nitrogens with zero attached hydrogens (tertiary/aromatic N) is 2. The van der Waals surface area contributed by atoms with Gasteiger partial charge in [0.1, 0.15) is 11.6 Å². The Balaban J connectivity index is 2.13. The van der Waals surface area contributed by atoms with Gasteiger partial charge in [-0.05, 0) is 48.9 Å². The third-order valence-electron chi connectivity index (χ3n) is 3.46. The Hall–Kier alpha value is -2.56. The smallest absolute Gasteiger partial charge is 0.246 e. The number of rotatable bonds is 4. The first-order valence-electron chi connectivity index (χ1n) is 6.79. The molecule has 0 radical (unpaired) electrons. The molecule has 0 aliphatic rings. The molecular weight excluding hydrogens is 286 g/mol. The molecule has 0 aliphatic carbocycles. The van der Waals surface area contributed by atoms with Crippen molar-refractivity contribution in [3.8, 4) is 0 Å². The van der Waals surface area contributed by atoms with Gasteiger partial charge in [-0.15, -0.1) is 0 Å². The first-order valence-corrected chi connectivity index (χ1v) is 6.79. The van der Waals surface area contributed by atoms with Crippen LogP contribution in [0.15, 0.2) is 48.8 Å². The number of carbonyl (C=O) groups excluding carboxylic acids is 1. The zero-order valence-corrected chi connectivity index (χ0v) is 12.3. The van der Waals surface area contributed by atoms with Gasteiger partial charge < -0.3 is 4.90 Å². The number of benzene rings is 1. The normalized spacial score (nSPS) is 12.4. The lowest BCUT2D eigenvalue weighted by Crippen LogP contribution is -2.28. The van der Waals surface area contributed by atoms with Crippen LogP contribution in [0.2, 0.25) is 0 Å². The van der Waals surface area contributed by atoms with Crippen molar-refractivity contribution in [2.24, 2.45) is 0 Å². The minimum atomic E-state index is -0.578. The second-order valence-corrected chi connectivity index (χ2v) is 4.90. The third-order valence-corrected chi connectivity index (χ3v) is 3.46. The molecule has 2 rings (SSSR count). The van der Waals surface area contributed by atoms with Gasteiger partial charge in [0.15, 0.2) is 0 Å². The topological polar surface area (TPSA) is 33.2 Å². The van der Waals surface area contributed by atoms with Gasteiger partial charge in [0, 0.05) is 31.1 Å². The second-order valence-electron chi connectivity index (χ2n) is 4.90. The molecule has 22 heavy (non-hydrogen) atoms. The van der Waals surface area contributed by atoms with E-state index in [9.17, 15) is 13.6 Å². The summed E-state index contributed by atoms with van der Waals surface area (Å²) in [5.74, 6) is -1.36. The van der Waals surface area contributed by atoms with Crippen molar-refractivity contribution in [1.29, 1.82) is 0 Å². The molecule has 0 fully saturated rings. The van der Waals surface area contributed by atoms with Gasteiger partial charge in [-0.25, -0.2) is 8.78 Å². The number of carbonyl (C=O) groups is 1. The fourth-order valence-electron chi connectivity index (χ4n) is 1.99. The van der Waals surface area contributed by atoms with Crippen LogP contribution in [0, 0.1) is 11.6 Å². The number of pyridine rings is 1. The highest BCUT2D eigenvalue weighted by molar-refractivity contribution is 5.91. The lowest BCUT2D eigenvalue weighted by Gasteiger charge is -2.24. The van der Waals surface area contributed by atoms with Crippen LogP contribution >= 0.6 is 0 Å². The maximum atomic E-state index is 13.8. The Bertz CT molecular complexity index is 686. The largest absolute Gasteiger partial charge is 0.335 e. The monoisotopic (exact) mass is 302 g/mol. The van der Waals surface area contributed by atoms with Crippen LogP contribution in [-0.2, 0) is 4.79 Å². The Morgan fingerprint density at radius 3 is 2.59 bits per heavy atom. The Morgan fingerprint density at radius 1 is 1.23 bits per heavy atom. The maximum Gasteiger partial charge on any atom is 0.246 e. The molecule has 1 atom stereocenters. The molecule has 1 unspecified atom stereocenters. The summed E-state index contributed by atoms with van der Waals surface area (Å²) in [7, 11) is 1.55. The van der Waals surface area contributed by atoms with E-state index in [0.29, 0.717) is 0 Å². The SMILES string of the molecule is CC(c1cc(F)ccc1F)N(C)C(=O)/C=C/c1ccncc1. The van der Waals surface area contributed by atoms with Gasteiger partial charge in [0.2, 0.25) is 5.91 Å². The van der Waals surface area contributed by atoms with Crippen LogP contribution in [0.5, 0.6) is 0 Å². The molecule has 1 aromatic carbocycles. The highest BCUT2D eigenvalue weighted by atomic mass is 19.1. The number of hydrogen-bond donors (Lipinski definition) is 0. The van der Waals surface area contributed by atoms with Crippen molar-refractivity contribution in [3.63, 3.8) is 0 Å². The number of aromatic nitrogens is 1. The first kappa shape index (κ1) is 15.8. The molecule has 1 aromatic heterocycles. The van der Waals surface area contributed by atoms with Gasteiger partial charge in [-0.3, -0.25) is 9.78 Å². The first-order chi connectivity index (χ1) is 10.5. The van der Waals surface area contributed by atoms with Gasteiger partial charge in [0.25, 0.3) is 0 Å². The Labute approximate surface area is 127 Å². The van der Waals surface area contributed by atoms with Gasteiger partial charge in [-0.1, -0.05) is 0 Å². The highest BCUT2D eigenvalue weighted by Crippen LogP contribution is 2.23. The van der Waals surface area contributed by atoms with E-state index >= 15 is 0 Å². The van der Waals surface area contributed by atoms with Crippen LogP contribution in [0.1, 0.15) is 24.1 Å². The molecule has 0 saturated heterocycles. The maximum absolute atomic E-state index is 13.8. The summed E-state index contributed by atoms with van der Waals surface area (Å²) < 4.78 is 27.0. The Morgan fingerprint density at radius 2 is 1.91 bits per heavy atom. The van der Waals surface area contributed by atoms with E-state index in [1.165, 1.54) is 11.0 Å². The molecule has 0 bridgehead atoms. The summed E-state index contributed by atoms with van der Waals surface area (Å²) in [6.45, 7) is 1.65. The molecule has 5 heteroatoms. The average molecular weight is 302 g/mol. The minimum absolute atomic E-state index is 0.146. The highest BCUT2D eigenvalue weighted by Gasteiger charge is 2.19. The summed E-state index contributed by atoms with van der Waals surface area (Å²) in [5, 5.41) is 0. The molecule has 0 aliphatic heterocycles. The summed E-state index contributed by atoms with van der Waals surface area (Å²) in [5.41, 5.74) is 0.981. The van der Waals surface area contributed by atoms with Gasteiger partial charge in [-0.2, -0.15) is 0 Å². The lowest BCUT2D eigenvalue weighted by atomic mass is 10.1. The average Bonchev–Trinajstić information content (AvgIpc) is 2.54. The lowest BCUT2D eigenvalue weighted by molar-refractivity contribution is -0.126. The Kier molecular flexibility index (Phi) is 4.99. The van der Waals surface area contributed by atoms with Gasteiger partial charge >= 0.3 is 0 Å². The van der Waals surface area contributed by atoms with Crippen LogP contribution in [0.3, 0.4) is 0 Å². The van der Waals surface area contributed by atoms with Gasteiger partial charge in [0.05, 0.1) is 6.04 Å². The third kappa shape index (κ3) is 3.75. The molecule has 0 saturated carbocycles. The molecule has 114 valence electrons. The fraction of sp³-hybridized carbons (Fsp3) is 0.176.